The molecule has 0 fully saturated rings. The van der Waals surface area contributed by atoms with Crippen LogP contribution in [-0.4, -0.2) is 16.2 Å². The maximum absolute atomic E-state index is 11.0. The third-order valence-electron chi connectivity index (χ3n) is 3.47. The van der Waals surface area contributed by atoms with Gasteiger partial charge in [-0.05, 0) is 28.9 Å². The Bertz CT molecular complexity index is 490. The van der Waals surface area contributed by atoms with Crippen molar-refractivity contribution in [1.29, 1.82) is 0 Å². The molecule has 0 radical (unpaired) electrons. The van der Waals surface area contributed by atoms with E-state index in [-0.39, 0.29) is 16.7 Å². The van der Waals surface area contributed by atoms with E-state index in [1.165, 1.54) is 5.56 Å². The van der Waals surface area contributed by atoms with Crippen molar-refractivity contribution in [2.75, 3.05) is 0 Å². The fourth-order valence-corrected chi connectivity index (χ4v) is 2.15. The molecule has 0 aromatic heterocycles. The van der Waals surface area contributed by atoms with Gasteiger partial charge >= 0.3 is 5.97 Å². The summed E-state index contributed by atoms with van der Waals surface area (Å²) in [4.78, 5) is 11.0. The molecule has 1 atom stereocenters. The molecule has 3 heteroatoms. The van der Waals surface area contributed by atoms with Crippen LogP contribution < -0.4 is 0 Å². The molecule has 0 aromatic rings. The molecule has 1 unspecified atom stereocenters. The Hall–Kier alpha value is -1.51. The Balaban J connectivity index is 0.000000233. The Labute approximate surface area is 121 Å². The van der Waals surface area contributed by atoms with Gasteiger partial charge in [0, 0.05) is 5.56 Å². The minimum atomic E-state index is -0.678. The lowest BCUT2D eigenvalue weighted by atomic mass is 9.72. The maximum atomic E-state index is 11.0. The van der Waals surface area contributed by atoms with Gasteiger partial charge in [0.25, 0.3) is 0 Å². The van der Waals surface area contributed by atoms with Crippen molar-refractivity contribution in [3.8, 4) is 16.9 Å². The topological polar surface area (TPSA) is 57.5 Å². The highest BCUT2D eigenvalue weighted by Gasteiger charge is 2.34. The van der Waals surface area contributed by atoms with E-state index in [0.717, 1.165) is 12.0 Å². The number of carboxylic acids is 1. The number of rotatable bonds is 2. The van der Waals surface area contributed by atoms with Gasteiger partial charge in [-0.15, -0.1) is 0 Å². The lowest BCUT2D eigenvalue weighted by Crippen LogP contribution is -2.32. The molecule has 3 nitrogen and oxygen atoms in total. The summed E-state index contributed by atoms with van der Waals surface area (Å²) in [6.45, 7) is 12.2. The maximum Gasteiger partial charge on any atom is 0.307 e. The molecular weight excluding hydrogens is 252 g/mol. The number of hydrogen-bond acceptors (Lipinski definition) is 2. The number of fused-ring (bicyclic) bond motifs is 1. The van der Waals surface area contributed by atoms with Crippen LogP contribution in [0.5, 0.6) is 5.75 Å². The average molecular weight is 278 g/mol. The van der Waals surface area contributed by atoms with Crippen LogP contribution in [0.25, 0.3) is 11.1 Å². The van der Waals surface area contributed by atoms with Gasteiger partial charge in [0.1, 0.15) is 5.75 Å². The molecule has 112 valence electrons. The van der Waals surface area contributed by atoms with Gasteiger partial charge < -0.3 is 10.2 Å². The summed E-state index contributed by atoms with van der Waals surface area (Å²) >= 11 is 0. The SMILES string of the molecule is CC(C)(C)CC(C(=O)O)C(C)(C)C.Oc1cc2ccc1-2. The normalized spacial score (nSPS) is 14.1. The molecular formula is C17H26O3. The minimum absolute atomic E-state index is 0.0797. The first-order valence-electron chi connectivity index (χ1n) is 6.98. The third kappa shape index (κ3) is 4.26. The molecule has 2 rings (SSSR count). The van der Waals surface area contributed by atoms with Crippen LogP contribution >= 0.6 is 0 Å². The highest BCUT2D eigenvalue weighted by atomic mass is 16.4. The molecule has 0 aromatic carbocycles. The molecule has 0 bridgehead atoms. The monoisotopic (exact) mass is 278 g/mol. The second-order valence-corrected chi connectivity index (χ2v) is 7.75. The number of benzene rings is 1. The summed E-state index contributed by atoms with van der Waals surface area (Å²) in [5.41, 5.74) is 2.15. The first-order valence-corrected chi connectivity index (χ1v) is 6.98. The van der Waals surface area contributed by atoms with Crippen LogP contribution in [0, 0.1) is 16.7 Å². The molecule has 20 heavy (non-hydrogen) atoms. The van der Waals surface area contributed by atoms with Crippen molar-refractivity contribution in [3.63, 3.8) is 0 Å². The number of aromatic hydroxyl groups is 1. The van der Waals surface area contributed by atoms with E-state index >= 15 is 0 Å². The van der Waals surface area contributed by atoms with E-state index in [4.69, 9.17) is 10.2 Å². The number of phenols is 1. The summed E-state index contributed by atoms with van der Waals surface area (Å²) in [6, 6.07) is 5.65. The molecule has 2 aliphatic carbocycles. The predicted molar refractivity (Wildman–Crippen MR) is 81.8 cm³/mol. The van der Waals surface area contributed by atoms with Gasteiger partial charge in [-0.25, -0.2) is 0 Å². The Morgan fingerprint density at radius 3 is 1.75 bits per heavy atom. The van der Waals surface area contributed by atoms with Gasteiger partial charge in [-0.3, -0.25) is 4.79 Å². The highest BCUT2D eigenvalue weighted by molar-refractivity contribution is 5.83. The molecule has 0 saturated heterocycles. The standard InChI is InChI=1S/C11H22O2.C6H4O/c1-10(2,3)7-8(9(12)13)11(4,5)6;7-6-3-4-1-2-5(4)6/h8H,7H2,1-6H3,(H,12,13);1-3,7H. The molecule has 0 saturated carbocycles. The van der Waals surface area contributed by atoms with Gasteiger partial charge in [0.05, 0.1) is 5.92 Å². The molecule has 0 aliphatic heterocycles. The van der Waals surface area contributed by atoms with Crippen LogP contribution in [0.2, 0.25) is 0 Å². The summed E-state index contributed by atoms with van der Waals surface area (Å²) in [5, 5.41) is 17.8. The average Bonchev–Trinajstić information content (AvgIpc) is 2.20. The zero-order chi connectivity index (χ0) is 15.7. The Morgan fingerprint density at radius 1 is 1.15 bits per heavy atom. The first-order chi connectivity index (χ1) is 8.92. The fraction of sp³-hybridized carbons (Fsp3) is 0.588. The van der Waals surface area contributed by atoms with E-state index in [0.29, 0.717) is 5.75 Å². The Morgan fingerprint density at radius 2 is 1.70 bits per heavy atom. The number of carbonyl (C=O) groups is 1. The second kappa shape index (κ2) is 5.47. The highest BCUT2D eigenvalue weighted by Crippen LogP contribution is 2.41. The predicted octanol–water partition coefficient (Wildman–Crippen LogP) is 4.54. The summed E-state index contributed by atoms with van der Waals surface area (Å²) in [5.74, 6) is -0.493. The van der Waals surface area contributed by atoms with Crippen LogP contribution in [-0.2, 0) is 4.79 Å². The van der Waals surface area contributed by atoms with Gasteiger partial charge in [0.2, 0.25) is 0 Å². The van der Waals surface area contributed by atoms with E-state index < -0.39 is 5.97 Å². The number of hydrogen-bond donors (Lipinski definition) is 2. The van der Waals surface area contributed by atoms with E-state index in [2.05, 4.69) is 20.8 Å². The van der Waals surface area contributed by atoms with Crippen LogP contribution in [0.4, 0.5) is 0 Å². The van der Waals surface area contributed by atoms with Crippen LogP contribution in [0.15, 0.2) is 18.2 Å². The lowest BCUT2D eigenvalue weighted by Gasteiger charge is -2.32. The zero-order valence-electron chi connectivity index (χ0n) is 13.3. The van der Waals surface area contributed by atoms with Crippen molar-refractivity contribution in [2.45, 2.75) is 48.0 Å². The number of aliphatic carboxylic acids is 1. The van der Waals surface area contributed by atoms with Gasteiger partial charge in [0.15, 0.2) is 0 Å². The summed E-state index contributed by atoms with van der Waals surface area (Å²) in [6.07, 6.45) is 0.728. The molecule has 2 aliphatic rings. The summed E-state index contributed by atoms with van der Waals surface area (Å²) in [7, 11) is 0. The van der Waals surface area contributed by atoms with Crippen molar-refractivity contribution in [3.05, 3.63) is 18.2 Å². The number of phenolic OH excluding ortho intramolecular Hbond substituents is 1. The van der Waals surface area contributed by atoms with Crippen molar-refractivity contribution >= 4 is 5.97 Å². The fourth-order valence-electron chi connectivity index (χ4n) is 2.15. The van der Waals surface area contributed by atoms with Crippen molar-refractivity contribution < 1.29 is 15.0 Å². The quantitative estimate of drug-likeness (QED) is 0.847. The minimum Gasteiger partial charge on any atom is -0.507 e. The van der Waals surface area contributed by atoms with Gasteiger partial charge in [-0.2, -0.15) is 0 Å². The molecule has 0 heterocycles. The largest absolute Gasteiger partial charge is 0.507 e. The van der Waals surface area contributed by atoms with Crippen molar-refractivity contribution in [2.24, 2.45) is 16.7 Å². The second-order valence-electron chi connectivity index (χ2n) is 7.75. The Kier molecular flexibility index (Phi) is 4.52. The van der Waals surface area contributed by atoms with Crippen LogP contribution in [0.3, 0.4) is 0 Å². The molecule has 0 amide bonds. The zero-order valence-corrected chi connectivity index (χ0v) is 13.3. The first kappa shape index (κ1) is 16.5. The van der Waals surface area contributed by atoms with E-state index in [9.17, 15) is 4.79 Å². The smallest absolute Gasteiger partial charge is 0.307 e. The van der Waals surface area contributed by atoms with Gasteiger partial charge in [-0.1, -0.05) is 53.7 Å². The van der Waals surface area contributed by atoms with Crippen molar-refractivity contribution in [1.82, 2.24) is 0 Å². The van der Waals surface area contributed by atoms with Crippen LogP contribution in [0.1, 0.15) is 48.0 Å². The number of carboxylic acid groups (broad SMARTS) is 1. The molecule has 2 N–H and O–H groups in total. The van der Waals surface area contributed by atoms with E-state index in [1.54, 1.807) is 6.07 Å². The summed E-state index contributed by atoms with van der Waals surface area (Å²) < 4.78 is 0. The lowest BCUT2D eigenvalue weighted by molar-refractivity contribution is -0.146. The molecule has 0 spiro atoms. The van der Waals surface area contributed by atoms with E-state index in [1.807, 2.05) is 32.9 Å². The third-order valence-corrected chi connectivity index (χ3v) is 3.47.